The molecule has 8 N–H and O–H groups in total. The molecule has 0 saturated heterocycles. The minimum atomic E-state index is -4.39. The van der Waals surface area contributed by atoms with Gasteiger partial charge in [0.2, 0.25) is 5.91 Å². The van der Waals surface area contributed by atoms with Gasteiger partial charge in [-0.3, -0.25) is 48.2 Å². The van der Waals surface area contributed by atoms with Gasteiger partial charge >= 0.3 is 25.7 Å². The first-order valence-corrected chi connectivity index (χ1v) is 39.5. The van der Waals surface area contributed by atoms with E-state index in [4.69, 9.17) is 30.0 Å². The van der Waals surface area contributed by atoms with E-state index in [2.05, 4.69) is 41.7 Å². The van der Waals surface area contributed by atoms with Crippen molar-refractivity contribution in [1.29, 1.82) is 0 Å². The molecule has 2 aliphatic carbocycles. The Morgan fingerprint density at radius 3 is 2.33 bits per heavy atom. The number of hydrogen-bond acceptors (Lipinski definition) is 18. The minimum absolute atomic E-state index is 0.00178. The van der Waals surface area contributed by atoms with E-state index in [0.717, 1.165) is 64.0 Å². The number of benzene rings is 3. The number of nitrogens with zero attached hydrogens (tertiary/aromatic N) is 7. The number of fused-ring (bicyclic) bond motifs is 4. The van der Waals surface area contributed by atoms with E-state index < -0.39 is 55.2 Å². The summed E-state index contributed by atoms with van der Waals surface area (Å²) < 4.78 is 33.6. The maximum absolute atomic E-state index is 13.9. The highest BCUT2D eigenvalue weighted by Crippen LogP contribution is 2.60. The van der Waals surface area contributed by atoms with Crippen LogP contribution >= 0.6 is 18.9 Å². The number of carboxylic acids is 1. The summed E-state index contributed by atoms with van der Waals surface area (Å²) in [5.41, 5.74) is 10.4. The number of unbranched alkanes of at least 4 members (excludes halogenated alkanes) is 2. The Morgan fingerprint density at radius 2 is 1.60 bits per heavy atom. The summed E-state index contributed by atoms with van der Waals surface area (Å²) in [7, 11) is -4.39. The summed E-state index contributed by atoms with van der Waals surface area (Å²) >= 11 is 1.41. The molecule has 2 bridgehead atoms. The topological polar surface area (TPSA) is 375 Å². The molecule has 7 amide bonds. The highest BCUT2D eigenvalue weighted by Gasteiger charge is 2.56. The van der Waals surface area contributed by atoms with Gasteiger partial charge in [0.25, 0.3) is 17.7 Å². The fraction of sp³-hybridized carbons (Fsp3) is 0.513. The molecule has 0 spiro atoms. The summed E-state index contributed by atoms with van der Waals surface area (Å²) in [6.07, 6.45) is 10.3. The Kier molecular flexibility index (Phi) is 26.9. The van der Waals surface area contributed by atoms with Crippen LogP contribution in [0.1, 0.15) is 168 Å². The van der Waals surface area contributed by atoms with Gasteiger partial charge in [0.05, 0.1) is 48.0 Å². The Labute approximate surface area is 627 Å². The van der Waals surface area contributed by atoms with Gasteiger partial charge in [-0.1, -0.05) is 88.8 Å². The minimum Gasteiger partial charge on any atom is -0.476 e. The Hall–Kier alpha value is -9.05. The summed E-state index contributed by atoms with van der Waals surface area (Å²) in [4.78, 5) is 150. The number of rotatable bonds is 38. The van der Waals surface area contributed by atoms with Crippen LogP contribution in [0, 0.1) is 41.4 Å². The molecular weight excluding hydrogens is 1410 g/mol. The maximum atomic E-state index is 13.9. The molecule has 3 aromatic heterocycles. The van der Waals surface area contributed by atoms with E-state index in [1.165, 1.54) is 28.4 Å². The number of Topliss-reactive ketones (excluding diaryl/α,β-unsaturated/α-hetero) is 2. The number of nitrogens with one attached hydrogen (secondary N) is 3. The highest BCUT2D eigenvalue weighted by molar-refractivity contribution is 7.51. The quantitative estimate of drug-likeness (QED) is 0.0108. The predicted molar refractivity (Wildman–Crippen MR) is 404 cm³/mol. The molecule has 0 radical (unpaired) electrons. The second-order valence-corrected chi connectivity index (χ2v) is 33.2. The number of carbonyl (C=O) groups excluding carboxylic acids is 8. The van der Waals surface area contributed by atoms with Crippen molar-refractivity contribution in [3.8, 4) is 11.1 Å². The van der Waals surface area contributed by atoms with Gasteiger partial charge in [-0.25, -0.2) is 24.4 Å². The van der Waals surface area contributed by atoms with Gasteiger partial charge in [0.1, 0.15) is 24.0 Å². The lowest BCUT2D eigenvalue weighted by atomic mass is 9.51. The number of anilines is 3. The number of para-hydroxylation sites is 1. The third-order valence-corrected chi connectivity index (χ3v) is 22.7. The lowest BCUT2D eigenvalue weighted by Gasteiger charge is -2.58. The van der Waals surface area contributed by atoms with Crippen molar-refractivity contribution in [2.75, 3.05) is 74.2 Å². The number of ketones is 2. The summed E-state index contributed by atoms with van der Waals surface area (Å²) in [6, 6.07) is 22.9. The summed E-state index contributed by atoms with van der Waals surface area (Å²) in [6.45, 7) is 14.8. The second kappa shape index (κ2) is 35.8. The Morgan fingerprint density at radius 1 is 0.832 bits per heavy atom. The number of thiazole rings is 1. The molecule has 6 aromatic rings. The van der Waals surface area contributed by atoms with E-state index in [9.17, 15) is 62.6 Å². The first-order valence-electron chi connectivity index (χ1n) is 36.9. The van der Waals surface area contributed by atoms with E-state index in [1.807, 2.05) is 72.8 Å². The summed E-state index contributed by atoms with van der Waals surface area (Å²) in [5.74, 6) is -3.75. The van der Waals surface area contributed by atoms with Gasteiger partial charge in [-0.05, 0) is 159 Å². The fourth-order valence-electron chi connectivity index (χ4n) is 16.5. The van der Waals surface area contributed by atoms with Gasteiger partial charge in [-0.2, -0.15) is 5.10 Å². The Bertz CT molecular complexity index is 4280. The number of nitrogens with two attached hydrogens (primary N) is 1. The van der Waals surface area contributed by atoms with Gasteiger partial charge in [0, 0.05) is 117 Å². The molecule has 6 atom stereocenters. The molecule has 574 valence electrons. The number of hydrogen-bond donors (Lipinski definition) is 7. The Balaban J connectivity index is 0.706. The molecule has 10 rings (SSSR count). The normalized spacial score (nSPS) is 19.7. The largest absolute Gasteiger partial charge is 0.476 e. The van der Waals surface area contributed by atoms with Crippen molar-refractivity contribution in [1.82, 2.24) is 34.9 Å². The van der Waals surface area contributed by atoms with Crippen molar-refractivity contribution >= 4 is 99.1 Å². The number of primary amides is 1. The van der Waals surface area contributed by atoms with Crippen LogP contribution in [0.3, 0.4) is 0 Å². The number of carboxylic acid groups (broad SMARTS) is 1. The standard InChI is InChI=1S/C78H100N11O16PS/c1-50(2)60(40-57(90)17-8-7-11-32-88-67(92)27-28-68(88)93)64(91)39-55(16-13-30-80-73(79)98)70(94)82-56-23-21-53(22-24-56)45-104-75(99)86(31-14-38-106(100,101)102)34-35-103-36-37-105-78-42-51(3)41-76(5,47-78)46-77(6,48-78)49-89-52(4)61(43-81-89)58-25-26-66(84-69(58)72(96)97)87-33-29-54-15-12-18-59(62(54)44-87)71(95)85-74-83-63-19-9-10-20-65(63)107-74/h9-10,12,15,18-28,43,50-51,55,60H,7-8,11,13-14,16-17,29-42,44-49H2,1-6H3,(H,82,94)(H,96,97)(H3,79,80,98)(H,83,85,95)(H2,100,101,102)/t51?,55-,60+,76?,77?,78?/m1/s1. The molecule has 3 aromatic carbocycles. The molecule has 29 heteroatoms. The zero-order valence-electron chi connectivity index (χ0n) is 61.9. The molecule has 2 aliphatic heterocycles. The third kappa shape index (κ3) is 21.9. The molecule has 2 saturated carbocycles. The molecule has 4 aliphatic rings. The monoisotopic (exact) mass is 1510 g/mol. The van der Waals surface area contributed by atoms with E-state index in [-0.39, 0.29) is 136 Å². The van der Waals surface area contributed by atoms with E-state index >= 15 is 0 Å². The van der Waals surface area contributed by atoms with E-state index in [0.29, 0.717) is 96.5 Å². The van der Waals surface area contributed by atoms with Crippen molar-refractivity contribution in [3.63, 3.8) is 0 Å². The van der Waals surface area contributed by atoms with Crippen LogP contribution < -0.4 is 26.6 Å². The average molecular weight is 1510 g/mol. The average Bonchev–Trinajstić information content (AvgIpc) is 1.36. The maximum Gasteiger partial charge on any atom is 0.410 e. The second-order valence-electron chi connectivity index (χ2n) is 30.4. The van der Waals surface area contributed by atoms with Crippen molar-refractivity contribution in [2.24, 2.45) is 40.2 Å². The molecular formula is C78H100N11O16PS. The zero-order valence-corrected chi connectivity index (χ0v) is 63.6. The van der Waals surface area contributed by atoms with E-state index in [1.54, 1.807) is 42.6 Å². The first kappa shape index (κ1) is 80.5. The number of imide groups is 1. The molecule has 5 heterocycles. The SMILES string of the molecule is Cc1c(-c2ccc(N3CCc4cccc(C(=O)Nc5nc6ccccc6s5)c4C3)nc2C(=O)O)cnn1CC1(C)CC2(C)CC(C)CC(OCCOCCN(CCCP(=O)(O)O)C(=O)OCc3ccc(NC(=O)[C@H](CCCNC(N)=O)CC(=O)[C@@H](CC(=O)CCCCCN4C(=O)C=CC4=O)C(C)C)cc3)(C2)C1. The summed E-state index contributed by atoms with van der Waals surface area (Å²) in [5, 5.41) is 24.5. The molecule has 27 nitrogen and oxygen atoms in total. The molecule has 4 unspecified atom stereocenters. The predicted octanol–water partition coefficient (Wildman–Crippen LogP) is 11.7. The van der Waals surface area contributed by atoms with Crippen LogP contribution in [0.5, 0.6) is 0 Å². The van der Waals surface area contributed by atoms with Gasteiger partial charge < -0.3 is 55.3 Å². The van der Waals surface area contributed by atoms with Crippen LogP contribution in [0.2, 0.25) is 0 Å². The lowest BCUT2D eigenvalue weighted by Crippen LogP contribution is -2.55. The van der Waals surface area contributed by atoms with Crippen LogP contribution in [0.15, 0.2) is 97.2 Å². The van der Waals surface area contributed by atoms with Crippen molar-refractivity contribution in [2.45, 2.75) is 163 Å². The lowest BCUT2D eigenvalue weighted by molar-refractivity contribution is -0.183. The van der Waals surface area contributed by atoms with Crippen LogP contribution in [-0.4, -0.2) is 162 Å². The van der Waals surface area contributed by atoms with Gasteiger partial charge in [0.15, 0.2) is 10.8 Å². The van der Waals surface area contributed by atoms with Crippen molar-refractivity contribution < 1.29 is 76.8 Å². The van der Waals surface area contributed by atoms with Gasteiger partial charge in [-0.15, -0.1) is 0 Å². The number of amides is 7. The number of ether oxygens (including phenoxy) is 3. The first-order chi connectivity index (χ1) is 50.9. The van der Waals surface area contributed by atoms with Crippen LogP contribution in [-0.2, 0) is 68.9 Å². The van der Waals surface area contributed by atoms with Crippen LogP contribution in [0.25, 0.3) is 21.3 Å². The van der Waals surface area contributed by atoms with Crippen LogP contribution in [0.4, 0.5) is 26.2 Å². The zero-order chi connectivity index (χ0) is 76.8. The number of pyridine rings is 1. The fourth-order valence-corrected chi connectivity index (χ4v) is 17.9. The number of urea groups is 1. The molecule has 107 heavy (non-hydrogen) atoms. The highest BCUT2D eigenvalue weighted by atomic mass is 32.1. The third-order valence-electron chi connectivity index (χ3n) is 20.9. The molecule has 2 fully saturated rings. The smallest absolute Gasteiger partial charge is 0.410 e. The number of aromatic nitrogens is 4. The number of carbonyl (C=O) groups is 9. The van der Waals surface area contributed by atoms with Crippen molar-refractivity contribution in [3.05, 3.63) is 131 Å². The number of aromatic carboxylic acids is 1.